The van der Waals surface area contributed by atoms with Crippen LogP contribution in [0.3, 0.4) is 0 Å². The Labute approximate surface area is 170 Å². The van der Waals surface area contributed by atoms with Crippen LogP contribution in [-0.4, -0.2) is 41.1 Å². The van der Waals surface area contributed by atoms with Crippen LogP contribution in [0, 0.1) is 25.7 Å². The van der Waals surface area contributed by atoms with Gasteiger partial charge in [0, 0.05) is 11.6 Å². The Balaban J connectivity index is 1.54. The molecule has 0 saturated carbocycles. The number of aryl methyl sites for hydroxylation is 2. The van der Waals surface area contributed by atoms with Crippen LogP contribution < -0.4 is 4.90 Å². The van der Waals surface area contributed by atoms with Gasteiger partial charge in [0.15, 0.2) is 5.78 Å². The van der Waals surface area contributed by atoms with E-state index < -0.39 is 17.9 Å². The number of benzene rings is 2. The number of ketones is 1. The number of carbonyl (C=O) groups is 3. The van der Waals surface area contributed by atoms with E-state index in [1.807, 2.05) is 62.4 Å². The molecule has 0 N–H and O–H groups in total. The summed E-state index contributed by atoms with van der Waals surface area (Å²) in [5.41, 5.74) is 3.37. The third-order valence-corrected chi connectivity index (χ3v) is 6.75. The van der Waals surface area contributed by atoms with Gasteiger partial charge in [-0.25, -0.2) is 4.90 Å². The van der Waals surface area contributed by atoms with E-state index >= 15 is 0 Å². The monoisotopic (exact) mass is 388 g/mol. The summed E-state index contributed by atoms with van der Waals surface area (Å²) in [7, 11) is 0. The van der Waals surface area contributed by atoms with Crippen molar-refractivity contribution in [2.75, 3.05) is 11.4 Å². The van der Waals surface area contributed by atoms with Crippen molar-refractivity contribution in [3.63, 3.8) is 0 Å². The summed E-state index contributed by atoms with van der Waals surface area (Å²) in [6.45, 7) is 4.72. The van der Waals surface area contributed by atoms with Crippen LogP contribution in [0.15, 0.2) is 48.5 Å². The zero-order valence-corrected chi connectivity index (χ0v) is 16.7. The van der Waals surface area contributed by atoms with Gasteiger partial charge in [0.1, 0.15) is 0 Å². The number of nitrogens with zero attached hydrogens (tertiary/aromatic N) is 2. The molecular weight excluding hydrogens is 364 g/mol. The maximum atomic E-state index is 13.5. The van der Waals surface area contributed by atoms with Crippen LogP contribution in [0.1, 0.15) is 34.3 Å². The Morgan fingerprint density at radius 2 is 1.45 bits per heavy atom. The van der Waals surface area contributed by atoms with Gasteiger partial charge in [-0.05, 0) is 45.4 Å². The van der Waals surface area contributed by atoms with Crippen LogP contribution in [0.2, 0.25) is 0 Å². The van der Waals surface area contributed by atoms with E-state index in [9.17, 15) is 14.4 Å². The Hall–Kier alpha value is -2.79. The van der Waals surface area contributed by atoms with Crippen LogP contribution in [-0.2, 0) is 9.59 Å². The second-order valence-electron chi connectivity index (χ2n) is 8.52. The first-order valence-corrected chi connectivity index (χ1v) is 10.3. The fraction of sp³-hybridized carbons (Fsp3) is 0.375. The van der Waals surface area contributed by atoms with Gasteiger partial charge in [-0.1, -0.05) is 47.5 Å². The largest absolute Gasteiger partial charge is 0.292 e. The molecule has 5 nitrogen and oxygen atoms in total. The molecule has 3 aliphatic rings. The van der Waals surface area contributed by atoms with E-state index in [0.29, 0.717) is 11.3 Å². The lowest BCUT2D eigenvalue weighted by Gasteiger charge is -2.27. The van der Waals surface area contributed by atoms with Crippen molar-refractivity contribution < 1.29 is 14.4 Å². The Bertz CT molecular complexity index is 996. The third-order valence-electron chi connectivity index (χ3n) is 6.75. The molecule has 148 valence electrons. The molecule has 2 aromatic carbocycles. The van der Waals surface area contributed by atoms with E-state index in [2.05, 4.69) is 4.90 Å². The van der Waals surface area contributed by atoms with Gasteiger partial charge in [-0.3, -0.25) is 19.3 Å². The van der Waals surface area contributed by atoms with Gasteiger partial charge in [-0.2, -0.15) is 0 Å². The number of amides is 2. The maximum Gasteiger partial charge on any atom is 0.239 e. The number of anilines is 1. The minimum absolute atomic E-state index is 0.0219. The average Bonchev–Trinajstić information content (AvgIpc) is 3.35. The molecule has 3 saturated heterocycles. The Kier molecular flexibility index (Phi) is 4.17. The summed E-state index contributed by atoms with van der Waals surface area (Å²) in [4.78, 5) is 43.7. The molecule has 0 bridgehead atoms. The van der Waals surface area contributed by atoms with Gasteiger partial charge < -0.3 is 0 Å². The van der Waals surface area contributed by atoms with E-state index in [1.165, 1.54) is 4.90 Å². The van der Waals surface area contributed by atoms with Gasteiger partial charge >= 0.3 is 0 Å². The molecule has 2 amide bonds. The predicted molar refractivity (Wildman–Crippen MR) is 110 cm³/mol. The Morgan fingerprint density at radius 1 is 0.862 bits per heavy atom. The van der Waals surface area contributed by atoms with Gasteiger partial charge in [0.25, 0.3) is 0 Å². The zero-order valence-electron chi connectivity index (χ0n) is 16.7. The summed E-state index contributed by atoms with van der Waals surface area (Å²) in [5.74, 6) is -1.45. The summed E-state index contributed by atoms with van der Waals surface area (Å²) < 4.78 is 0. The van der Waals surface area contributed by atoms with E-state index in [4.69, 9.17) is 0 Å². The number of Topliss-reactive ketones (excluding diaryl/α,β-unsaturated/α-hetero) is 1. The second kappa shape index (κ2) is 6.63. The molecule has 3 fully saturated rings. The van der Waals surface area contributed by atoms with Crippen LogP contribution in [0.5, 0.6) is 0 Å². The first-order chi connectivity index (χ1) is 14.0. The third kappa shape index (κ3) is 2.68. The average molecular weight is 388 g/mol. The molecule has 5 heteroatoms. The molecule has 5 rings (SSSR count). The molecule has 0 aliphatic carbocycles. The van der Waals surface area contributed by atoms with Gasteiger partial charge in [0.2, 0.25) is 11.8 Å². The molecular formula is C24H24N2O3. The molecule has 29 heavy (non-hydrogen) atoms. The standard InChI is InChI=1S/C24H24N2O3/c1-14-5-9-16(10-6-14)22(27)21-20-19(18-4-3-13-25(18)21)23(28)26(24(20)29)17-11-7-15(2)8-12-17/h5-12,18-21H,3-4,13H2,1-2H3/t18-,19-,20+,21-/m0/s1. The van der Waals surface area contributed by atoms with E-state index in [-0.39, 0.29) is 23.6 Å². The smallest absolute Gasteiger partial charge is 0.239 e. The number of hydrogen-bond acceptors (Lipinski definition) is 4. The lowest BCUT2D eigenvalue weighted by molar-refractivity contribution is -0.123. The van der Waals surface area contributed by atoms with Crippen molar-refractivity contribution in [2.45, 2.75) is 38.8 Å². The summed E-state index contributed by atoms with van der Waals surface area (Å²) in [5, 5.41) is 0. The van der Waals surface area contributed by atoms with Gasteiger partial charge in [-0.15, -0.1) is 0 Å². The normalized spacial score (nSPS) is 28.7. The Morgan fingerprint density at radius 3 is 2.10 bits per heavy atom. The lowest BCUT2D eigenvalue weighted by atomic mass is 9.85. The molecule has 3 heterocycles. The molecule has 0 spiro atoms. The number of fused-ring (bicyclic) bond motifs is 3. The van der Waals surface area contributed by atoms with Crippen LogP contribution >= 0.6 is 0 Å². The molecule has 0 radical (unpaired) electrons. The molecule has 2 aromatic rings. The zero-order chi connectivity index (χ0) is 20.3. The molecule has 0 aromatic heterocycles. The predicted octanol–water partition coefficient (Wildman–Crippen LogP) is 3.14. The highest BCUT2D eigenvalue weighted by molar-refractivity contribution is 6.24. The molecule has 4 atom stereocenters. The lowest BCUT2D eigenvalue weighted by Crippen LogP contribution is -2.46. The highest BCUT2D eigenvalue weighted by atomic mass is 16.2. The van der Waals surface area contributed by atoms with E-state index in [0.717, 1.165) is 30.5 Å². The summed E-state index contributed by atoms with van der Waals surface area (Å²) in [6.07, 6.45) is 1.82. The fourth-order valence-electron chi connectivity index (χ4n) is 5.35. The van der Waals surface area contributed by atoms with Crippen LogP contribution in [0.25, 0.3) is 0 Å². The van der Waals surface area contributed by atoms with Gasteiger partial charge in [0.05, 0.1) is 23.6 Å². The van der Waals surface area contributed by atoms with Crippen molar-refractivity contribution >= 4 is 23.3 Å². The highest BCUT2D eigenvalue weighted by Gasteiger charge is 2.64. The fourth-order valence-corrected chi connectivity index (χ4v) is 5.35. The number of carbonyl (C=O) groups excluding carboxylic acids is 3. The van der Waals surface area contributed by atoms with Crippen molar-refractivity contribution in [3.8, 4) is 0 Å². The second-order valence-corrected chi connectivity index (χ2v) is 8.52. The summed E-state index contributed by atoms with van der Waals surface area (Å²) in [6, 6.07) is 14.4. The minimum atomic E-state index is -0.595. The van der Waals surface area contributed by atoms with Crippen molar-refractivity contribution in [2.24, 2.45) is 11.8 Å². The SMILES string of the molecule is Cc1ccc(C(=O)[C@@H]2[C@@H]3C(=O)N(c4ccc(C)cc4)C(=O)[C@H]3[C@@H]3CCCN23)cc1. The first-order valence-electron chi connectivity index (χ1n) is 10.3. The topological polar surface area (TPSA) is 57.7 Å². The van der Waals surface area contributed by atoms with Crippen molar-refractivity contribution in [3.05, 3.63) is 65.2 Å². The first kappa shape index (κ1) is 18.3. The summed E-state index contributed by atoms with van der Waals surface area (Å²) >= 11 is 0. The van der Waals surface area contributed by atoms with Crippen molar-refractivity contribution in [1.29, 1.82) is 0 Å². The highest BCUT2D eigenvalue weighted by Crippen LogP contribution is 2.48. The molecule has 3 aliphatic heterocycles. The maximum absolute atomic E-state index is 13.5. The number of rotatable bonds is 3. The van der Waals surface area contributed by atoms with Crippen molar-refractivity contribution in [1.82, 2.24) is 4.90 Å². The van der Waals surface area contributed by atoms with Crippen LogP contribution in [0.4, 0.5) is 5.69 Å². The molecule has 0 unspecified atom stereocenters. The van der Waals surface area contributed by atoms with E-state index in [1.54, 1.807) is 0 Å². The quantitative estimate of drug-likeness (QED) is 0.599. The minimum Gasteiger partial charge on any atom is -0.292 e. The number of imide groups is 1. The number of hydrogen-bond donors (Lipinski definition) is 0.